The smallest absolute Gasteiger partial charge is 0.262 e. The molecule has 8 heteroatoms. The number of thioether (sulfide) groups is 1. The summed E-state index contributed by atoms with van der Waals surface area (Å²) < 4.78 is 17.1. The highest BCUT2D eigenvalue weighted by Crippen LogP contribution is 2.41. The fraction of sp³-hybridized carbons (Fsp3) is 0.250. The van der Waals surface area contributed by atoms with E-state index >= 15 is 0 Å². The predicted octanol–water partition coefficient (Wildman–Crippen LogP) is 4.27. The number of hydrogen-bond acceptors (Lipinski definition) is 8. The van der Waals surface area contributed by atoms with Crippen LogP contribution < -0.4 is 19.5 Å². The molecular weight excluding hydrogens is 376 g/mol. The Kier molecular flexibility index (Phi) is 4.40. The molecule has 1 aromatic heterocycles. The summed E-state index contributed by atoms with van der Waals surface area (Å²) in [4.78, 5) is 4.72. The normalized spacial score (nSPS) is 16.4. The second-order valence-electron chi connectivity index (χ2n) is 6.40. The molecule has 1 unspecified atom stereocenters. The summed E-state index contributed by atoms with van der Waals surface area (Å²) >= 11 is 1.59. The topological polar surface area (TPSA) is 78.4 Å². The van der Waals surface area contributed by atoms with Crippen LogP contribution in [0.15, 0.2) is 47.6 Å². The fourth-order valence-corrected chi connectivity index (χ4v) is 3.78. The minimum atomic E-state index is -0.456. The number of rotatable bonds is 4. The summed E-state index contributed by atoms with van der Waals surface area (Å²) in [5, 5.41) is 12.7. The molecule has 0 saturated heterocycles. The van der Waals surface area contributed by atoms with Gasteiger partial charge in [-0.3, -0.25) is 0 Å². The second-order valence-corrected chi connectivity index (χ2v) is 7.46. The Morgan fingerprint density at radius 3 is 2.93 bits per heavy atom. The van der Waals surface area contributed by atoms with Crippen LogP contribution >= 0.6 is 11.8 Å². The minimum Gasteiger partial charge on any atom is -0.454 e. The molecule has 5 rings (SSSR count). The lowest BCUT2D eigenvalue weighted by molar-refractivity contribution is 0.173. The van der Waals surface area contributed by atoms with E-state index in [-0.39, 0.29) is 6.79 Å². The van der Waals surface area contributed by atoms with Gasteiger partial charge in [0.25, 0.3) is 5.88 Å². The number of anilines is 1. The van der Waals surface area contributed by atoms with Crippen LogP contribution in [0.3, 0.4) is 0 Å². The van der Waals surface area contributed by atoms with Crippen molar-refractivity contribution in [1.29, 1.82) is 0 Å². The van der Waals surface area contributed by atoms with Gasteiger partial charge in [0.2, 0.25) is 11.9 Å². The van der Waals surface area contributed by atoms with Crippen LogP contribution in [0, 0.1) is 0 Å². The van der Waals surface area contributed by atoms with Crippen LogP contribution in [-0.2, 0) is 0 Å². The van der Waals surface area contributed by atoms with Crippen LogP contribution in [0.5, 0.6) is 17.4 Å². The highest BCUT2D eigenvalue weighted by molar-refractivity contribution is 7.99. The average molecular weight is 394 g/mol. The highest BCUT2D eigenvalue weighted by Gasteiger charge is 2.27. The van der Waals surface area contributed by atoms with Crippen molar-refractivity contribution < 1.29 is 14.2 Å². The van der Waals surface area contributed by atoms with Crippen molar-refractivity contribution in [2.75, 3.05) is 17.9 Å². The molecule has 0 bridgehead atoms. The monoisotopic (exact) mass is 394 g/mol. The van der Waals surface area contributed by atoms with Gasteiger partial charge in [0.1, 0.15) is 5.69 Å². The van der Waals surface area contributed by atoms with Gasteiger partial charge in [-0.15, -0.1) is 10.2 Å². The third-order valence-electron chi connectivity index (χ3n) is 4.47. The molecule has 2 aromatic carbocycles. The molecule has 0 spiro atoms. The first-order valence-electron chi connectivity index (χ1n) is 9.11. The Morgan fingerprint density at radius 2 is 2.00 bits per heavy atom. The second kappa shape index (κ2) is 7.20. The molecule has 2 aliphatic rings. The van der Waals surface area contributed by atoms with Gasteiger partial charge < -0.3 is 19.5 Å². The van der Waals surface area contributed by atoms with Gasteiger partial charge in [-0.2, -0.15) is 0 Å². The number of nitrogens with zero attached hydrogens (tertiary/aromatic N) is 3. The number of para-hydroxylation sites is 1. The lowest BCUT2D eigenvalue weighted by atomic mass is 10.1. The van der Waals surface area contributed by atoms with Crippen molar-refractivity contribution in [3.05, 3.63) is 48.0 Å². The van der Waals surface area contributed by atoms with E-state index in [1.807, 2.05) is 42.5 Å². The standard InChI is InChI=1S/C20H18N4O3S/c1-2-9-28-20-22-17-13-5-3-4-6-14(13)21-18(27-19(17)23-24-20)12-7-8-15-16(10-12)26-11-25-15/h3-8,10,18,21H,2,9,11H2,1H3. The maximum Gasteiger partial charge on any atom is 0.262 e. The molecule has 1 atom stereocenters. The van der Waals surface area contributed by atoms with E-state index in [0.29, 0.717) is 22.5 Å². The van der Waals surface area contributed by atoms with Crippen molar-refractivity contribution >= 4 is 17.4 Å². The SMILES string of the molecule is CCCSc1nnc2c(n1)-c1ccccc1NC(c1ccc3c(c1)OCO3)O2. The first-order valence-corrected chi connectivity index (χ1v) is 10.1. The third-order valence-corrected chi connectivity index (χ3v) is 5.51. The number of ether oxygens (including phenoxy) is 3. The van der Waals surface area contributed by atoms with Crippen LogP contribution in [0.25, 0.3) is 11.3 Å². The summed E-state index contributed by atoms with van der Waals surface area (Å²) in [5.74, 6) is 2.79. The van der Waals surface area contributed by atoms with Gasteiger partial charge in [0, 0.05) is 22.6 Å². The highest BCUT2D eigenvalue weighted by atomic mass is 32.2. The molecule has 1 N–H and O–H groups in total. The molecule has 0 saturated carbocycles. The molecule has 0 amide bonds. The molecule has 0 radical (unpaired) electrons. The van der Waals surface area contributed by atoms with E-state index in [9.17, 15) is 0 Å². The largest absolute Gasteiger partial charge is 0.454 e. The zero-order valence-electron chi connectivity index (χ0n) is 15.2. The molecule has 3 aromatic rings. The number of nitrogens with one attached hydrogen (secondary N) is 1. The van der Waals surface area contributed by atoms with E-state index in [1.54, 1.807) is 11.8 Å². The number of fused-ring (bicyclic) bond motifs is 4. The molecule has 7 nitrogen and oxygen atoms in total. The zero-order chi connectivity index (χ0) is 18.9. The Hall–Kier alpha value is -3.00. The predicted molar refractivity (Wildman–Crippen MR) is 106 cm³/mol. The minimum absolute atomic E-state index is 0.233. The van der Waals surface area contributed by atoms with Gasteiger partial charge in [-0.25, -0.2) is 4.98 Å². The van der Waals surface area contributed by atoms with Crippen molar-refractivity contribution in [2.45, 2.75) is 24.7 Å². The molecule has 3 heterocycles. The Bertz CT molecular complexity index is 1030. The van der Waals surface area contributed by atoms with Crippen molar-refractivity contribution in [3.8, 4) is 28.6 Å². The van der Waals surface area contributed by atoms with E-state index in [0.717, 1.165) is 34.7 Å². The quantitative estimate of drug-likeness (QED) is 0.657. The summed E-state index contributed by atoms with van der Waals surface area (Å²) in [6.45, 7) is 2.36. The average Bonchev–Trinajstić information content (AvgIpc) is 3.14. The molecular formula is C20H18N4O3S. The molecule has 2 aliphatic heterocycles. The van der Waals surface area contributed by atoms with Gasteiger partial charge in [-0.1, -0.05) is 36.9 Å². The van der Waals surface area contributed by atoms with Crippen molar-refractivity contribution in [3.63, 3.8) is 0 Å². The molecule has 0 aliphatic carbocycles. The fourth-order valence-electron chi connectivity index (χ4n) is 3.14. The number of benzene rings is 2. The summed E-state index contributed by atoms with van der Waals surface area (Å²) in [7, 11) is 0. The van der Waals surface area contributed by atoms with Crippen molar-refractivity contribution in [1.82, 2.24) is 15.2 Å². The number of hydrogen-bond donors (Lipinski definition) is 1. The van der Waals surface area contributed by atoms with Crippen LogP contribution in [0.1, 0.15) is 25.1 Å². The Balaban J connectivity index is 1.56. The van der Waals surface area contributed by atoms with Gasteiger partial charge in [-0.05, 0) is 30.7 Å². The van der Waals surface area contributed by atoms with Crippen LogP contribution in [0.4, 0.5) is 5.69 Å². The molecule has 28 heavy (non-hydrogen) atoms. The Labute approximate surface area is 166 Å². The van der Waals surface area contributed by atoms with Gasteiger partial charge in [0.05, 0.1) is 0 Å². The van der Waals surface area contributed by atoms with Crippen molar-refractivity contribution in [2.24, 2.45) is 0 Å². The van der Waals surface area contributed by atoms with E-state index in [4.69, 9.17) is 19.2 Å². The lowest BCUT2D eigenvalue weighted by Gasteiger charge is -2.19. The maximum atomic E-state index is 6.19. The third kappa shape index (κ3) is 3.09. The molecule has 0 fully saturated rings. The Morgan fingerprint density at radius 1 is 1.11 bits per heavy atom. The summed E-state index contributed by atoms with van der Waals surface area (Å²) in [6.07, 6.45) is 0.591. The lowest BCUT2D eigenvalue weighted by Crippen LogP contribution is -2.17. The van der Waals surface area contributed by atoms with E-state index in [2.05, 4.69) is 22.4 Å². The van der Waals surface area contributed by atoms with E-state index < -0.39 is 6.23 Å². The summed E-state index contributed by atoms with van der Waals surface area (Å²) in [5.41, 5.74) is 3.46. The first kappa shape index (κ1) is 17.1. The zero-order valence-corrected chi connectivity index (χ0v) is 16.0. The maximum absolute atomic E-state index is 6.19. The molecule has 142 valence electrons. The summed E-state index contributed by atoms with van der Waals surface area (Å²) in [6, 6.07) is 13.7. The van der Waals surface area contributed by atoms with Gasteiger partial charge >= 0.3 is 0 Å². The van der Waals surface area contributed by atoms with Gasteiger partial charge in [0.15, 0.2) is 17.7 Å². The van der Waals surface area contributed by atoms with Crippen LogP contribution in [0.2, 0.25) is 0 Å². The first-order chi connectivity index (χ1) is 13.8. The van der Waals surface area contributed by atoms with E-state index in [1.165, 1.54) is 0 Å². The van der Waals surface area contributed by atoms with Crippen LogP contribution in [-0.4, -0.2) is 27.7 Å². The number of aromatic nitrogens is 3.